The monoisotopic (exact) mass is 1090 g/mol. The Morgan fingerprint density at radius 1 is 0.577 bits per heavy atom. The summed E-state index contributed by atoms with van der Waals surface area (Å²) in [5.41, 5.74) is 5.50. The fourth-order valence-corrected chi connectivity index (χ4v) is 11.9. The Morgan fingerprint density at radius 3 is 1.50 bits per heavy atom. The zero-order valence-corrected chi connectivity index (χ0v) is 46.4. The molecule has 0 amide bonds. The van der Waals surface area contributed by atoms with Gasteiger partial charge in [0.15, 0.2) is 11.0 Å². The normalized spacial score (nSPS) is 11.7. The van der Waals surface area contributed by atoms with Gasteiger partial charge in [0.25, 0.3) is 0 Å². The van der Waals surface area contributed by atoms with Gasteiger partial charge in [0, 0.05) is 37.3 Å². The molecule has 0 bridgehead atoms. The number of thiazole rings is 1. The van der Waals surface area contributed by atoms with E-state index in [0.717, 1.165) is 38.0 Å². The van der Waals surface area contributed by atoms with Gasteiger partial charge in [-0.15, -0.1) is 5.10 Å². The molecule has 78 heavy (non-hydrogen) atoms. The smallest absolute Gasteiger partial charge is 0.310 e. The summed E-state index contributed by atoms with van der Waals surface area (Å²) in [6.45, 7) is 6.36. The van der Waals surface area contributed by atoms with Crippen molar-refractivity contribution in [1.29, 1.82) is 0 Å². The Balaban J connectivity index is 1.28. The van der Waals surface area contributed by atoms with Gasteiger partial charge in [-0.3, -0.25) is 4.79 Å². The standard InChI is InChI=1S/C60H61N7O9S2/c1-60(2,3)76-54(68)34-45-22-33-51(52-10-9-11-53-56(52)61-59(77-53)65(35-40-12-23-46(71-4)24-13-40)36-41-14-25-47(72-5)26-15-41)55(58-62-63-64-67(58)39-44-20-31-50(75-8)32-21-44)57(45)78(69,70)66(37-42-16-27-48(73-6)28-17-42)38-43-18-29-49(74-7)30-19-43/h9-33H,34-39H2,1-8H3. The molecule has 16 nitrogen and oxygen atoms in total. The molecule has 0 atom stereocenters. The zero-order valence-electron chi connectivity index (χ0n) is 44.8. The molecule has 0 aliphatic rings. The third-order valence-electron chi connectivity index (χ3n) is 12.9. The molecular weight excluding hydrogens is 1030 g/mol. The van der Waals surface area contributed by atoms with Gasteiger partial charge >= 0.3 is 5.97 Å². The number of methoxy groups -OCH3 is 5. The second-order valence-corrected chi connectivity index (χ2v) is 22.3. The number of para-hydroxylation sites is 1. The largest absolute Gasteiger partial charge is 0.497 e. The summed E-state index contributed by atoms with van der Waals surface area (Å²) < 4.78 is 70.1. The average Bonchev–Trinajstić information content (AvgIpc) is 4.13. The number of carbonyl (C=O) groups is 1. The Morgan fingerprint density at radius 2 is 1.04 bits per heavy atom. The molecule has 0 unspecified atom stereocenters. The third-order valence-corrected chi connectivity index (χ3v) is 15.9. The van der Waals surface area contributed by atoms with Gasteiger partial charge in [-0.2, -0.15) is 4.31 Å². The molecule has 0 saturated heterocycles. The molecule has 2 heterocycles. The summed E-state index contributed by atoms with van der Waals surface area (Å²) in [6.07, 6.45) is -0.394. The van der Waals surface area contributed by atoms with E-state index >= 15 is 8.42 Å². The third kappa shape index (κ3) is 12.7. The van der Waals surface area contributed by atoms with Gasteiger partial charge in [-0.25, -0.2) is 18.1 Å². The van der Waals surface area contributed by atoms with Crippen LogP contribution in [0.2, 0.25) is 0 Å². The van der Waals surface area contributed by atoms with Crippen molar-refractivity contribution >= 4 is 42.7 Å². The van der Waals surface area contributed by atoms with Crippen LogP contribution in [0.5, 0.6) is 28.7 Å². The minimum atomic E-state index is -4.68. The van der Waals surface area contributed by atoms with Crippen molar-refractivity contribution in [2.75, 3.05) is 40.4 Å². The first-order chi connectivity index (χ1) is 37.6. The van der Waals surface area contributed by atoms with Crippen molar-refractivity contribution in [3.05, 3.63) is 185 Å². The van der Waals surface area contributed by atoms with Gasteiger partial charge in [0.1, 0.15) is 34.3 Å². The molecule has 18 heteroatoms. The highest BCUT2D eigenvalue weighted by Gasteiger charge is 2.36. The number of tetrazole rings is 1. The SMILES string of the molecule is COc1ccc(CN(Cc2ccc(OC)cc2)c2nc3c(-c4ccc(CC(=O)OC(C)(C)C)c(S(=O)(=O)N(Cc5ccc(OC)cc5)Cc5ccc(OC)cc5)c4-c4nnnn4Cc4ccc(OC)cc4)cccc3s2)cc1. The summed E-state index contributed by atoms with van der Waals surface area (Å²) in [5, 5.41) is 14.1. The number of carbonyl (C=O) groups excluding carboxylic acids is 1. The van der Waals surface area contributed by atoms with Crippen LogP contribution >= 0.6 is 11.3 Å². The van der Waals surface area contributed by atoms with Crippen LogP contribution in [0.3, 0.4) is 0 Å². The highest BCUT2D eigenvalue weighted by Crippen LogP contribution is 2.45. The van der Waals surface area contributed by atoms with E-state index in [0.29, 0.717) is 58.1 Å². The van der Waals surface area contributed by atoms with E-state index in [1.165, 1.54) is 15.6 Å². The first kappa shape index (κ1) is 54.5. The lowest BCUT2D eigenvalue weighted by atomic mass is 9.95. The first-order valence-corrected chi connectivity index (χ1v) is 27.3. The van der Waals surface area contributed by atoms with Crippen LogP contribution in [0.1, 0.15) is 54.2 Å². The molecule has 0 aliphatic heterocycles. The van der Waals surface area contributed by atoms with Crippen LogP contribution in [0.25, 0.3) is 32.7 Å². The molecule has 402 valence electrons. The number of benzene rings is 7. The molecule has 7 aromatic carbocycles. The Labute approximate surface area is 458 Å². The minimum Gasteiger partial charge on any atom is -0.497 e. The average molecular weight is 1090 g/mol. The molecule has 9 aromatic rings. The van der Waals surface area contributed by atoms with Crippen LogP contribution < -0.4 is 28.6 Å². The Kier molecular flexibility index (Phi) is 16.7. The number of hydrogen-bond acceptors (Lipinski definition) is 15. The second kappa shape index (κ2) is 23.9. The van der Waals surface area contributed by atoms with E-state index in [2.05, 4.69) is 20.4 Å². The number of ether oxygens (including phenoxy) is 6. The lowest BCUT2D eigenvalue weighted by Crippen LogP contribution is -2.32. The van der Waals surface area contributed by atoms with E-state index in [1.54, 1.807) is 91.3 Å². The number of nitrogens with zero attached hydrogens (tertiary/aromatic N) is 7. The predicted molar refractivity (Wildman–Crippen MR) is 302 cm³/mol. The van der Waals surface area contributed by atoms with Crippen LogP contribution in [0, 0.1) is 0 Å². The van der Waals surface area contributed by atoms with Crippen LogP contribution in [-0.4, -0.2) is 85.0 Å². The number of hydrogen-bond donors (Lipinski definition) is 0. The predicted octanol–water partition coefficient (Wildman–Crippen LogP) is 11.2. The number of anilines is 1. The number of esters is 1. The zero-order chi connectivity index (χ0) is 55.0. The van der Waals surface area contributed by atoms with Crippen molar-refractivity contribution in [2.45, 2.75) is 70.4 Å². The van der Waals surface area contributed by atoms with Crippen molar-refractivity contribution in [1.82, 2.24) is 29.5 Å². The first-order valence-electron chi connectivity index (χ1n) is 25.1. The molecule has 0 N–H and O–H groups in total. The maximum atomic E-state index is 16.5. The maximum absolute atomic E-state index is 16.5. The molecule has 0 spiro atoms. The molecule has 0 saturated carbocycles. The fourth-order valence-electron chi connectivity index (χ4n) is 9.04. The lowest BCUT2D eigenvalue weighted by molar-refractivity contribution is -0.153. The van der Waals surface area contributed by atoms with E-state index < -0.39 is 28.0 Å². The molecule has 0 radical (unpaired) electrons. The summed E-state index contributed by atoms with van der Waals surface area (Å²) in [6, 6.07) is 47.2. The van der Waals surface area contributed by atoms with Crippen molar-refractivity contribution in [3.63, 3.8) is 0 Å². The molecule has 0 fully saturated rings. The minimum absolute atomic E-state index is 0.0616. The lowest BCUT2D eigenvalue weighted by Gasteiger charge is -2.27. The number of aromatic nitrogens is 5. The number of sulfonamides is 1. The molecule has 0 aliphatic carbocycles. The molecule has 2 aromatic heterocycles. The van der Waals surface area contributed by atoms with Crippen molar-refractivity contribution < 1.29 is 41.6 Å². The van der Waals surface area contributed by atoms with E-state index in [9.17, 15) is 4.79 Å². The highest BCUT2D eigenvalue weighted by atomic mass is 32.2. The van der Waals surface area contributed by atoms with E-state index in [-0.39, 0.29) is 41.5 Å². The van der Waals surface area contributed by atoms with E-state index in [1.807, 2.05) is 121 Å². The summed E-state index contributed by atoms with van der Waals surface area (Å²) in [5.74, 6) is 2.92. The second-order valence-electron chi connectivity index (χ2n) is 19.4. The van der Waals surface area contributed by atoms with Gasteiger partial charge in [0.05, 0.1) is 63.6 Å². The van der Waals surface area contributed by atoms with Gasteiger partial charge in [-0.1, -0.05) is 96.3 Å². The van der Waals surface area contributed by atoms with Crippen LogP contribution in [0.4, 0.5) is 5.13 Å². The summed E-state index contributed by atoms with van der Waals surface area (Å²) >= 11 is 1.52. The number of rotatable bonds is 22. The van der Waals surface area contributed by atoms with Gasteiger partial charge in [0.2, 0.25) is 10.0 Å². The molecule has 9 rings (SSSR count). The highest BCUT2D eigenvalue weighted by molar-refractivity contribution is 7.89. The Bertz CT molecular complexity index is 3500. The topological polar surface area (TPSA) is 170 Å². The number of fused-ring (bicyclic) bond motifs is 1. The van der Waals surface area contributed by atoms with Crippen LogP contribution in [0.15, 0.2) is 157 Å². The molecular formula is C60H61N7O9S2. The summed E-state index contributed by atoms with van der Waals surface area (Å²) in [4.78, 5) is 21.6. The fraction of sp³-hybridized carbons (Fsp3) is 0.250. The van der Waals surface area contributed by atoms with Crippen molar-refractivity contribution in [3.8, 4) is 51.3 Å². The quantitative estimate of drug-likeness (QED) is 0.0587. The van der Waals surface area contributed by atoms with Gasteiger partial charge in [-0.05, 0) is 137 Å². The van der Waals surface area contributed by atoms with Gasteiger partial charge < -0.3 is 33.3 Å². The summed E-state index contributed by atoms with van der Waals surface area (Å²) in [7, 11) is 3.35. The van der Waals surface area contributed by atoms with E-state index in [4.69, 9.17) is 33.4 Å². The van der Waals surface area contributed by atoms with Crippen molar-refractivity contribution in [2.24, 2.45) is 0 Å². The maximum Gasteiger partial charge on any atom is 0.310 e. The van der Waals surface area contributed by atoms with Crippen LogP contribution in [-0.2, 0) is 58.7 Å². The Hall–Kier alpha value is -8.32.